The molecule has 17 heavy (non-hydrogen) atoms. The summed E-state index contributed by atoms with van der Waals surface area (Å²) in [7, 11) is 1.73. The van der Waals surface area contributed by atoms with Gasteiger partial charge in [-0.25, -0.2) is 4.98 Å². The quantitative estimate of drug-likeness (QED) is 0.788. The average molecular weight is 255 g/mol. The second-order valence-corrected chi connectivity index (χ2v) is 5.42. The van der Waals surface area contributed by atoms with Crippen molar-refractivity contribution >= 4 is 16.5 Å². The van der Waals surface area contributed by atoms with E-state index < -0.39 is 0 Å². The van der Waals surface area contributed by atoms with Gasteiger partial charge in [0.15, 0.2) is 5.13 Å². The summed E-state index contributed by atoms with van der Waals surface area (Å²) >= 11 is 1.81. The number of methoxy groups -OCH3 is 1. The lowest BCUT2D eigenvalue weighted by Gasteiger charge is -2.25. The Kier molecular flexibility index (Phi) is 5.22. The topological polar surface area (TPSA) is 37.4 Å². The number of thiazole rings is 1. The average Bonchev–Trinajstić information content (AvgIpc) is 2.85. The fraction of sp³-hybridized carbons (Fsp3) is 0.750. The van der Waals surface area contributed by atoms with E-state index in [0.29, 0.717) is 0 Å². The van der Waals surface area contributed by atoms with Gasteiger partial charge in [0.2, 0.25) is 0 Å². The molecule has 1 fully saturated rings. The van der Waals surface area contributed by atoms with E-state index in [2.05, 4.69) is 15.2 Å². The molecular weight excluding hydrogens is 234 g/mol. The Bertz CT molecular complexity index is 323. The van der Waals surface area contributed by atoms with E-state index in [1.165, 1.54) is 42.4 Å². The van der Waals surface area contributed by atoms with E-state index in [4.69, 9.17) is 4.74 Å². The molecule has 96 valence electrons. The predicted molar refractivity (Wildman–Crippen MR) is 71.8 cm³/mol. The number of nitrogens with one attached hydrogen (secondary N) is 1. The fourth-order valence-electron chi connectivity index (χ4n) is 2.00. The van der Waals surface area contributed by atoms with Crippen molar-refractivity contribution in [2.75, 3.05) is 38.3 Å². The highest BCUT2D eigenvalue weighted by Gasteiger charge is 2.13. The van der Waals surface area contributed by atoms with Gasteiger partial charge >= 0.3 is 0 Å². The van der Waals surface area contributed by atoms with Crippen LogP contribution in [0.2, 0.25) is 0 Å². The zero-order valence-electron chi connectivity index (χ0n) is 10.4. The van der Waals surface area contributed by atoms with Crippen molar-refractivity contribution in [3.05, 3.63) is 11.1 Å². The van der Waals surface area contributed by atoms with Crippen LogP contribution in [0.1, 0.15) is 24.1 Å². The Balaban J connectivity index is 1.78. The first-order valence-corrected chi connectivity index (χ1v) is 7.11. The van der Waals surface area contributed by atoms with Gasteiger partial charge in [-0.3, -0.25) is 0 Å². The minimum Gasteiger partial charge on any atom is -0.383 e. The van der Waals surface area contributed by atoms with E-state index in [1.54, 1.807) is 7.11 Å². The fourth-order valence-corrected chi connectivity index (χ4v) is 2.93. The van der Waals surface area contributed by atoms with Crippen LogP contribution in [0.25, 0.3) is 0 Å². The first kappa shape index (κ1) is 12.8. The first-order valence-electron chi connectivity index (χ1n) is 6.29. The van der Waals surface area contributed by atoms with Crippen LogP contribution in [0.4, 0.5) is 5.13 Å². The summed E-state index contributed by atoms with van der Waals surface area (Å²) in [4.78, 5) is 8.23. The molecule has 4 nitrogen and oxygen atoms in total. The second kappa shape index (κ2) is 6.93. The molecule has 0 amide bonds. The Morgan fingerprint density at radius 1 is 1.41 bits per heavy atom. The maximum atomic E-state index is 5.00. The molecule has 0 spiro atoms. The van der Waals surface area contributed by atoms with Crippen molar-refractivity contribution in [3.63, 3.8) is 0 Å². The van der Waals surface area contributed by atoms with Gasteiger partial charge in [0.1, 0.15) is 0 Å². The molecule has 1 aromatic heterocycles. The van der Waals surface area contributed by atoms with Crippen LogP contribution in [0.5, 0.6) is 0 Å². The Labute approximate surface area is 107 Å². The minimum absolute atomic E-state index is 0.762. The second-order valence-electron chi connectivity index (χ2n) is 4.33. The molecule has 0 aromatic carbocycles. The zero-order valence-corrected chi connectivity index (χ0v) is 11.3. The Hall–Kier alpha value is -0.650. The lowest BCUT2D eigenvalue weighted by molar-refractivity contribution is 0.199. The highest BCUT2D eigenvalue weighted by Crippen LogP contribution is 2.25. The van der Waals surface area contributed by atoms with Crippen LogP contribution < -0.4 is 10.2 Å². The number of hydrogen-bond acceptors (Lipinski definition) is 5. The first-order chi connectivity index (χ1) is 8.40. The van der Waals surface area contributed by atoms with Gasteiger partial charge in [-0.2, -0.15) is 0 Å². The minimum atomic E-state index is 0.762. The van der Waals surface area contributed by atoms with Gasteiger partial charge in [-0.05, 0) is 19.3 Å². The number of rotatable bonds is 6. The largest absolute Gasteiger partial charge is 0.383 e. The molecular formula is C12H21N3OS. The monoisotopic (exact) mass is 255 g/mol. The van der Waals surface area contributed by atoms with E-state index in [0.717, 1.165) is 19.7 Å². The number of aromatic nitrogens is 1. The van der Waals surface area contributed by atoms with E-state index in [9.17, 15) is 0 Å². The number of nitrogens with zero attached hydrogens (tertiary/aromatic N) is 2. The van der Waals surface area contributed by atoms with E-state index in [1.807, 2.05) is 17.5 Å². The SMILES string of the molecule is COCCNCc1cnc(N2CCCCC2)s1. The zero-order chi connectivity index (χ0) is 11.9. The van der Waals surface area contributed by atoms with Crippen LogP contribution in [0.15, 0.2) is 6.20 Å². The molecule has 0 atom stereocenters. The number of hydrogen-bond donors (Lipinski definition) is 1. The molecule has 0 radical (unpaired) electrons. The number of piperidine rings is 1. The van der Waals surface area contributed by atoms with Crippen LogP contribution in [0, 0.1) is 0 Å². The molecule has 2 heterocycles. The molecule has 5 heteroatoms. The van der Waals surface area contributed by atoms with Gasteiger partial charge in [0.25, 0.3) is 0 Å². The highest BCUT2D eigenvalue weighted by molar-refractivity contribution is 7.15. The number of ether oxygens (including phenoxy) is 1. The summed E-state index contributed by atoms with van der Waals surface area (Å²) in [5.74, 6) is 0. The molecule has 1 aliphatic rings. The summed E-state index contributed by atoms with van der Waals surface area (Å²) < 4.78 is 5.00. The Morgan fingerprint density at radius 2 is 2.24 bits per heavy atom. The van der Waals surface area contributed by atoms with Gasteiger partial charge in [0, 0.05) is 44.4 Å². The van der Waals surface area contributed by atoms with Crippen molar-refractivity contribution < 1.29 is 4.74 Å². The molecule has 0 bridgehead atoms. The van der Waals surface area contributed by atoms with Crippen LogP contribution in [-0.2, 0) is 11.3 Å². The van der Waals surface area contributed by atoms with E-state index in [-0.39, 0.29) is 0 Å². The molecule has 1 saturated heterocycles. The molecule has 0 aliphatic carbocycles. The predicted octanol–water partition coefficient (Wildman–Crippen LogP) is 1.87. The van der Waals surface area contributed by atoms with Crippen molar-refractivity contribution in [1.82, 2.24) is 10.3 Å². The van der Waals surface area contributed by atoms with Gasteiger partial charge in [-0.15, -0.1) is 11.3 Å². The molecule has 1 N–H and O–H groups in total. The van der Waals surface area contributed by atoms with Crippen LogP contribution in [0.3, 0.4) is 0 Å². The summed E-state index contributed by atoms with van der Waals surface area (Å²) in [5, 5.41) is 4.53. The van der Waals surface area contributed by atoms with Crippen molar-refractivity contribution in [3.8, 4) is 0 Å². The summed E-state index contributed by atoms with van der Waals surface area (Å²) in [5.41, 5.74) is 0. The highest BCUT2D eigenvalue weighted by atomic mass is 32.1. The smallest absolute Gasteiger partial charge is 0.185 e. The number of anilines is 1. The standard InChI is InChI=1S/C12H21N3OS/c1-16-8-5-13-9-11-10-14-12(17-11)15-6-3-2-4-7-15/h10,13H,2-9H2,1H3. The normalized spacial score (nSPS) is 16.4. The maximum absolute atomic E-state index is 5.00. The molecule has 0 unspecified atom stereocenters. The summed E-state index contributed by atoms with van der Waals surface area (Å²) in [6.07, 6.45) is 5.98. The van der Waals surface area contributed by atoms with Gasteiger partial charge in [-0.1, -0.05) is 0 Å². The molecule has 1 aromatic rings. The summed E-state index contributed by atoms with van der Waals surface area (Å²) in [6, 6.07) is 0. The maximum Gasteiger partial charge on any atom is 0.185 e. The third-order valence-electron chi connectivity index (χ3n) is 2.95. The molecule has 2 rings (SSSR count). The van der Waals surface area contributed by atoms with Crippen molar-refractivity contribution in [2.45, 2.75) is 25.8 Å². The van der Waals surface area contributed by atoms with Crippen molar-refractivity contribution in [2.24, 2.45) is 0 Å². The summed E-state index contributed by atoms with van der Waals surface area (Å²) in [6.45, 7) is 4.90. The lowest BCUT2D eigenvalue weighted by Crippen LogP contribution is -2.29. The van der Waals surface area contributed by atoms with E-state index >= 15 is 0 Å². The lowest BCUT2D eigenvalue weighted by atomic mass is 10.1. The van der Waals surface area contributed by atoms with Gasteiger partial charge in [0.05, 0.1) is 6.61 Å². The van der Waals surface area contributed by atoms with Crippen LogP contribution >= 0.6 is 11.3 Å². The van der Waals surface area contributed by atoms with Crippen LogP contribution in [-0.4, -0.2) is 38.3 Å². The molecule has 0 saturated carbocycles. The van der Waals surface area contributed by atoms with Crippen molar-refractivity contribution in [1.29, 1.82) is 0 Å². The Morgan fingerprint density at radius 3 is 3.00 bits per heavy atom. The van der Waals surface area contributed by atoms with Gasteiger partial charge < -0.3 is 15.0 Å². The third kappa shape index (κ3) is 3.94. The third-order valence-corrected chi connectivity index (χ3v) is 4.01. The molecule has 1 aliphatic heterocycles.